The van der Waals surface area contributed by atoms with Gasteiger partial charge in [0.25, 0.3) is 6.29 Å². The number of carbonyl (C=O) groups is 1. The minimum Gasteiger partial charge on any atom is -0.380 e. The average molecular weight is 105 g/mol. The number of hydrogen-bond acceptors (Lipinski definition) is 4. The molecule has 0 bridgehead atoms. The molecule has 0 aliphatic rings. The van der Waals surface area contributed by atoms with E-state index in [9.17, 15) is 4.79 Å². The fourth-order valence-corrected chi connectivity index (χ4v) is 0.0609. The third kappa shape index (κ3) is 2.27. The Kier molecular flexibility index (Phi) is 2.51. The van der Waals surface area contributed by atoms with E-state index in [2.05, 4.69) is 0 Å². The fraction of sp³-hybridized carbons (Fsp3) is 0.333. The summed E-state index contributed by atoms with van der Waals surface area (Å²) in [5, 5.41) is 23.7. The first-order valence-electron chi connectivity index (χ1n) is 1.56. The summed E-state index contributed by atoms with van der Waals surface area (Å²) in [5.74, 6) is 0. The van der Waals surface area contributed by atoms with Crippen molar-refractivity contribution in [2.75, 3.05) is 0 Å². The molecule has 1 unspecified atom stereocenters. The molecule has 41 valence electrons. The van der Waals surface area contributed by atoms with Crippen molar-refractivity contribution in [3.63, 3.8) is 0 Å². The van der Waals surface area contributed by atoms with Gasteiger partial charge in [-0.15, -0.1) is 0 Å². The van der Waals surface area contributed by atoms with Crippen LogP contribution in [0.5, 0.6) is 0 Å². The SMILES string of the molecule is O=CC(O)[C](O)O. The molecule has 1 radical (unpaired) electrons. The molecule has 0 aromatic rings. The van der Waals surface area contributed by atoms with Gasteiger partial charge in [-0.2, -0.15) is 0 Å². The van der Waals surface area contributed by atoms with Gasteiger partial charge in [-0.05, 0) is 0 Å². The largest absolute Gasteiger partial charge is 0.380 e. The highest BCUT2D eigenvalue weighted by Gasteiger charge is 2.11. The minimum atomic E-state index is -1.75. The van der Waals surface area contributed by atoms with Crippen LogP contribution in [0.25, 0.3) is 0 Å². The van der Waals surface area contributed by atoms with E-state index in [1.165, 1.54) is 0 Å². The van der Waals surface area contributed by atoms with Crippen LogP contribution >= 0.6 is 0 Å². The van der Waals surface area contributed by atoms with Gasteiger partial charge in [-0.1, -0.05) is 0 Å². The molecule has 4 nitrogen and oxygen atoms in total. The predicted molar refractivity (Wildman–Crippen MR) is 19.2 cm³/mol. The Hall–Kier alpha value is -0.450. The van der Waals surface area contributed by atoms with Crippen molar-refractivity contribution >= 4 is 6.29 Å². The number of aliphatic hydroxyl groups is 3. The second-order valence-electron chi connectivity index (χ2n) is 0.939. The molecule has 7 heavy (non-hydrogen) atoms. The minimum absolute atomic E-state index is 0.00926. The summed E-state index contributed by atoms with van der Waals surface area (Å²) < 4.78 is 0. The Morgan fingerprint density at radius 1 is 1.57 bits per heavy atom. The maximum Gasteiger partial charge on any atom is 0.255 e. The number of aliphatic hydroxyl groups excluding tert-OH is 2. The van der Waals surface area contributed by atoms with Gasteiger partial charge in [-0.3, -0.25) is 0 Å². The van der Waals surface area contributed by atoms with E-state index in [0.29, 0.717) is 0 Å². The lowest BCUT2D eigenvalue weighted by Gasteiger charge is -1.98. The Morgan fingerprint density at radius 3 is 2.00 bits per heavy atom. The maximum absolute atomic E-state index is 9.36. The Morgan fingerprint density at radius 2 is 2.00 bits per heavy atom. The van der Waals surface area contributed by atoms with Gasteiger partial charge in [0.15, 0.2) is 12.4 Å². The van der Waals surface area contributed by atoms with Gasteiger partial charge < -0.3 is 20.1 Å². The molecule has 0 heterocycles. The summed E-state index contributed by atoms with van der Waals surface area (Å²) in [7, 11) is 0. The van der Waals surface area contributed by atoms with E-state index in [1.807, 2.05) is 0 Å². The quantitative estimate of drug-likeness (QED) is 0.385. The van der Waals surface area contributed by atoms with Gasteiger partial charge in [0.05, 0.1) is 0 Å². The fourth-order valence-electron chi connectivity index (χ4n) is 0.0609. The zero-order valence-corrected chi connectivity index (χ0v) is 3.40. The average Bonchev–Trinajstić information content (AvgIpc) is 1.65. The van der Waals surface area contributed by atoms with Crippen LogP contribution in [0.2, 0.25) is 0 Å². The van der Waals surface area contributed by atoms with Crippen LogP contribution in [0.15, 0.2) is 0 Å². The first-order chi connectivity index (χ1) is 3.18. The molecule has 0 aromatic heterocycles. The number of rotatable bonds is 2. The molecule has 0 aromatic carbocycles. The summed E-state index contributed by atoms with van der Waals surface area (Å²) in [4.78, 5) is 9.36. The molecule has 1 atom stereocenters. The summed E-state index contributed by atoms with van der Waals surface area (Å²) in [6.45, 7) is 0. The predicted octanol–water partition coefficient (Wildman–Crippen LogP) is -1.22. The van der Waals surface area contributed by atoms with Crippen LogP contribution in [0.1, 0.15) is 0 Å². The van der Waals surface area contributed by atoms with Gasteiger partial charge >= 0.3 is 0 Å². The van der Waals surface area contributed by atoms with Gasteiger partial charge in [-0.25, -0.2) is 0 Å². The number of aldehydes is 1. The van der Waals surface area contributed by atoms with E-state index in [-0.39, 0.29) is 6.29 Å². The molecule has 0 aliphatic heterocycles. The summed E-state index contributed by atoms with van der Waals surface area (Å²) in [5.41, 5.74) is 0. The number of carbonyl (C=O) groups excluding carboxylic acids is 1. The maximum atomic E-state index is 9.36. The summed E-state index contributed by atoms with van der Waals surface area (Å²) in [6.07, 6.45) is -3.01. The van der Waals surface area contributed by atoms with Crippen molar-refractivity contribution in [1.29, 1.82) is 0 Å². The topological polar surface area (TPSA) is 77.8 Å². The summed E-state index contributed by atoms with van der Waals surface area (Å²) >= 11 is 0. The molecular formula is C3H5O4. The lowest BCUT2D eigenvalue weighted by molar-refractivity contribution is -0.121. The van der Waals surface area contributed by atoms with E-state index in [4.69, 9.17) is 15.3 Å². The lowest BCUT2D eigenvalue weighted by Crippen LogP contribution is -2.18. The normalized spacial score (nSPS) is 14.3. The van der Waals surface area contributed by atoms with Crippen molar-refractivity contribution < 1.29 is 20.1 Å². The second kappa shape index (κ2) is 2.68. The first kappa shape index (κ1) is 6.55. The molecule has 0 saturated heterocycles. The standard InChI is InChI=1S/C3H5O4/c4-1-2(5)3(6)7/h1-2,5-7H. The molecular weight excluding hydrogens is 100 g/mol. The highest BCUT2D eigenvalue weighted by molar-refractivity contribution is 5.57. The van der Waals surface area contributed by atoms with E-state index >= 15 is 0 Å². The second-order valence-corrected chi connectivity index (χ2v) is 0.939. The van der Waals surface area contributed by atoms with Crippen LogP contribution in [0.3, 0.4) is 0 Å². The van der Waals surface area contributed by atoms with Crippen LogP contribution in [-0.2, 0) is 4.79 Å². The highest BCUT2D eigenvalue weighted by Crippen LogP contribution is 1.89. The third-order valence-electron chi connectivity index (χ3n) is 0.393. The van der Waals surface area contributed by atoms with Crippen molar-refractivity contribution in [2.45, 2.75) is 6.10 Å². The molecule has 0 rings (SSSR count). The van der Waals surface area contributed by atoms with E-state index < -0.39 is 12.4 Å². The summed E-state index contributed by atoms with van der Waals surface area (Å²) in [6, 6.07) is 0. The van der Waals surface area contributed by atoms with E-state index in [1.54, 1.807) is 0 Å². The molecule has 4 heteroatoms. The van der Waals surface area contributed by atoms with Crippen molar-refractivity contribution in [1.82, 2.24) is 0 Å². The Bertz CT molecular complexity index is 60.0. The van der Waals surface area contributed by atoms with Gasteiger partial charge in [0.2, 0.25) is 0 Å². The monoisotopic (exact) mass is 105 g/mol. The molecule has 0 saturated carbocycles. The first-order valence-corrected chi connectivity index (χ1v) is 1.56. The van der Waals surface area contributed by atoms with Crippen molar-refractivity contribution in [3.05, 3.63) is 6.29 Å². The molecule has 3 N–H and O–H groups in total. The van der Waals surface area contributed by atoms with Crippen LogP contribution < -0.4 is 0 Å². The van der Waals surface area contributed by atoms with E-state index in [0.717, 1.165) is 0 Å². The highest BCUT2D eigenvalue weighted by atomic mass is 16.5. The van der Waals surface area contributed by atoms with Crippen LogP contribution in [-0.4, -0.2) is 27.7 Å². The van der Waals surface area contributed by atoms with Crippen LogP contribution in [0, 0.1) is 6.29 Å². The zero-order valence-electron chi connectivity index (χ0n) is 3.40. The van der Waals surface area contributed by atoms with Crippen molar-refractivity contribution in [2.24, 2.45) is 0 Å². The Labute approximate surface area is 40.0 Å². The lowest BCUT2D eigenvalue weighted by atomic mass is 10.4. The van der Waals surface area contributed by atoms with Gasteiger partial charge in [0, 0.05) is 0 Å². The Balaban J connectivity index is 3.33. The molecule has 0 amide bonds. The molecule has 0 spiro atoms. The smallest absolute Gasteiger partial charge is 0.255 e. The zero-order chi connectivity index (χ0) is 5.86. The number of hydrogen-bond donors (Lipinski definition) is 3. The van der Waals surface area contributed by atoms with Crippen molar-refractivity contribution in [3.8, 4) is 0 Å². The molecule has 0 aliphatic carbocycles. The third-order valence-corrected chi connectivity index (χ3v) is 0.393. The van der Waals surface area contributed by atoms with Crippen LogP contribution in [0.4, 0.5) is 0 Å². The van der Waals surface area contributed by atoms with Gasteiger partial charge in [0.1, 0.15) is 0 Å². The molecule has 0 fully saturated rings.